The number of halogens is 1. The maximum atomic E-state index is 12.0. The van der Waals surface area contributed by atoms with E-state index in [1.807, 2.05) is 5.01 Å². The van der Waals surface area contributed by atoms with Crippen LogP contribution < -0.4 is 0 Å². The predicted molar refractivity (Wildman–Crippen MR) is 36.1 cm³/mol. The first-order valence-electron chi connectivity index (χ1n) is 3.44. The van der Waals surface area contributed by atoms with E-state index in [9.17, 15) is 4.39 Å². The Balaban J connectivity index is 2.24. The zero-order chi connectivity index (χ0) is 7.40. The van der Waals surface area contributed by atoms with Gasteiger partial charge in [-0.2, -0.15) is 0 Å². The lowest BCUT2D eigenvalue weighted by Crippen LogP contribution is -2.46. The van der Waals surface area contributed by atoms with E-state index in [1.165, 1.54) is 0 Å². The lowest BCUT2D eigenvalue weighted by atomic mass is 10.5. The number of hydrogen-bond acceptors (Lipinski definition) is 3. The standard InChI is InChI=1S/C6H13FN2O/c1-8(6-7)9-2-4-10-5-3-9/h2-6H2,1H3. The van der Waals surface area contributed by atoms with Gasteiger partial charge >= 0.3 is 0 Å². The molecule has 0 aromatic rings. The molecule has 1 saturated heterocycles. The Morgan fingerprint density at radius 3 is 2.60 bits per heavy atom. The van der Waals surface area contributed by atoms with Crippen LogP contribution in [0.2, 0.25) is 0 Å². The molecular weight excluding hydrogens is 135 g/mol. The number of hydrazine groups is 1. The molecule has 0 aromatic carbocycles. The highest BCUT2D eigenvalue weighted by atomic mass is 19.1. The van der Waals surface area contributed by atoms with Crippen molar-refractivity contribution in [3.63, 3.8) is 0 Å². The van der Waals surface area contributed by atoms with Crippen LogP contribution in [-0.2, 0) is 4.74 Å². The van der Waals surface area contributed by atoms with Crippen LogP contribution >= 0.6 is 0 Å². The summed E-state index contributed by atoms with van der Waals surface area (Å²) in [6, 6.07) is 0. The van der Waals surface area contributed by atoms with Crippen LogP contribution in [0.25, 0.3) is 0 Å². The monoisotopic (exact) mass is 148 g/mol. The van der Waals surface area contributed by atoms with Gasteiger partial charge in [0, 0.05) is 20.1 Å². The average Bonchev–Trinajstić information content (AvgIpc) is 2.05. The van der Waals surface area contributed by atoms with Crippen molar-refractivity contribution in [3.8, 4) is 0 Å². The topological polar surface area (TPSA) is 15.7 Å². The molecule has 1 rings (SSSR count). The van der Waals surface area contributed by atoms with E-state index in [0.717, 1.165) is 13.1 Å². The van der Waals surface area contributed by atoms with Crippen molar-refractivity contribution in [2.24, 2.45) is 0 Å². The smallest absolute Gasteiger partial charge is 0.155 e. The number of hydrogen-bond donors (Lipinski definition) is 0. The second-order valence-corrected chi connectivity index (χ2v) is 2.34. The van der Waals surface area contributed by atoms with Gasteiger partial charge in [0.15, 0.2) is 6.80 Å². The third kappa shape index (κ3) is 1.90. The zero-order valence-corrected chi connectivity index (χ0v) is 6.22. The molecule has 0 atom stereocenters. The Labute approximate surface area is 60.3 Å². The molecule has 0 unspecified atom stereocenters. The second kappa shape index (κ2) is 3.85. The van der Waals surface area contributed by atoms with E-state index in [4.69, 9.17) is 4.74 Å². The van der Waals surface area contributed by atoms with Gasteiger partial charge in [-0.1, -0.05) is 0 Å². The molecule has 0 saturated carbocycles. The Morgan fingerprint density at radius 1 is 1.50 bits per heavy atom. The van der Waals surface area contributed by atoms with Crippen molar-refractivity contribution in [3.05, 3.63) is 0 Å². The molecule has 1 aliphatic heterocycles. The fraction of sp³-hybridized carbons (Fsp3) is 1.00. The summed E-state index contributed by atoms with van der Waals surface area (Å²) in [4.78, 5) is 0. The summed E-state index contributed by atoms with van der Waals surface area (Å²) in [5, 5.41) is 3.52. The lowest BCUT2D eigenvalue weighted by Gasteiger charge is -2.32. The van der Waals surface area contributed by atoms with Crippen molar-refractivity contribution in [1.82, 2.24) is 10.0 Å². The van der Waals surface area contributed by atoms with Crippen molar-refractivity contribution in [2.45, 2.75) is 0 Å². The minimum Gasteiger partial charge on any atom is -0.379 e. The van der Waals surface area contributed by atoms with Gasteiger partial charge in [0.05, 0.1) is 13.2 Å². The van der Waals surface area contributed by atoms with Gasteiger partial charge < -0.3 is 4.74 Å². The van der Waals surface area contributed by atoms with Crippen molar-refractivity contribution in [2.75, 3.05) is 40.1 Å². The lowest BCUT2D eigenvalue weighted by molar-refractivity contribution is -0.0927. The molecule has 0 aliphatic carbocycles. The molecule has 60 valence electrons. The first-order chi connectivity index (χ1) is 4.84. The molecular formula is C6H13FN2O. The summed E-state index contributed by atoms with van der Waals surface area (Å²) < 4.78 is 17.1. The van der Waals surface area contributed by atoms with Gasteiger partial charge in [-0.15, -0.1) is 0 Å². The third-order valence-corrected chi connectivity index (χ3v) is 1.64. The molecule has 0 bridgehead atoms. The van der Waals surface area contributed by atoms with E-state index >= 15 is 0 Å². The molecule has 1 fully saturated rings. The largest absolute Gasteiger partial charge is 0.379 e. The molecule has 1 heterocycles. The Kier molecular flexibility index (Phi) is 3.05. The maximum absolute atomic E-state index is 12.0. The van der Waals surface area contributed by atoms with E-state index in [2.05, 4.69) is 0 Å². The normalized spacial score (nSPS) is 21.9. The van der Waals surface area contributed by atoms with Gasteiger partial charge in [0.2, 0.25) is 0 Å². The number of nitrogens with zero attached hydrogens (tertiary/aromatic N) is 2. The van der Waals surface area contributed by atoms with Crippen LogP contribution in [0.3, 0.4) is 0 Å². The summed E-state index contributed by atoms with van der Waals surface area (Å²) in [6.45, 7) is 2.62. The molecule has 3 nitrogen and oxygen atoms in total. The fourth-order valence-corrected chi connectivity index (χ4v) is 0.971. The van der Waals surface area contributed by atoms with Gasteiger partial charge in [-0.05, 0) is 0 Å². The molecule has 0 radical (unpaired) electrons. The summed E-state index contributed by atoms with van der Waals surface area (Å²) in [5.41, 5.74) is 0. The number of ether oxygens (including phenoxy) is 1. The van der Waals surface area contributed by atoms with Gasteiger partial charge in [0.25, 0.3) is 0 Å². The van der Waals surface area contributed by atoms with Crippen LogP contribution in [0.15, 0.2) is 0 Å². The first-order valence-corrected chi connectivity index (χ1v) is 3.44. The van der Waals surface area contributed by atoms with Crippen LogP contribution in [0.5, 0.6) is 0 Å². The third-order valence-electron chi connectivity index (χ3n) is 1.64. The van der Waals surface area contributed by atoms with Crippen LogP contribution in [-0.4, -0.2) is 50.2 Å². The maximum Gasteiger partial charge on any atom is 0.155 e. The molecule has 0 N–H and O–H groups in total. The average molecular weight is 148 g/mol. The van der Waals surface area contributed by atoms with E-state index in [-0.39, 0.29) is 0 Å². The van der Waals surface area contributed by atoms with E-state index in [0.29, 0.717) is 13.2 Å². The summed E-state index contributed by atoms with van der Waals surface area (Å²) in [6.07, 6.45) is 0. The van der Waals surface area contributed by atoms with Crippen molar-refractivity contribution in [1.29, 1.82) is 0 Å². The highest BCUT2D eigenvalue weighted by Crippen LogP contribution is 1.99. The summed E-state index contributed by atoms with van der Waals surface area (Å²) in [5.74, 6) is 0. The SMILES string of the molecule is CN(CF)N1CCOCC1. The Bertz CT molecular complexity index is 95.7. The van der Waals surface area contributed by atoms with Crippen LogP contribution in [0.4, 0.5) is 4.39 Å². The minimum atomic E-state index is -0.417. The van der Waals surface area contributed by atoms with Gasteiger partial charge in [-0.3, -0.25) is 0 Å². The Morgan fingerprint density at radius 2 is 2.10 bits per heavy atom. The van der Waals surface area contributed by atoms with E-state index < -0.39 is 6.80 Å². The van der Waals surface area contributed by atoms with Crippen molar-refractivity contribution >= 4 is 0 Å². The number of morpholine rings is 1. The van der Waals surface area contributed by atoms with Crippen LogP contribution in [0.1, 0.15) is 0 Å². The number of alkyl halides is 1. The fourth-order valence-electron chi connectivity index (χ4n) is 0.971. The molecule has 0 aromatic heterocycles. The van der Waals surface area contributed by atoms with Gasteiger partial charge in [0.1, 0.15) is 0 Å². The highest BCUT2D eigenvalue weighted by Gasteiger charge is 2.13. The van der Waals surface area contributed by atoms with Gasteiger partial charge in [-0.25, -0.2) is 14.4 Å². The Hall–Kier alpha value is -0.190. The quantitative estimate of drug-likeness (QED) is 0.516. The van der Waals surface area contributed by atoms with Crippen molar-refractivity contribution < 1.29 is 9.13 Å². The summed E-state index contributed by atoms with van der Waals surface area (Å²) in [7, 11) is 1.74. The molecule has 0 amide bonds. The minimum absolute atomic E-state index is 0.417. The molecule has 4 heteroatoms. The predicted octanol–water partition coefficient (Wildman–Crippen LogP) is 0.0924. The summed E-state index contributed by atoms with van der Waals surface area (Å²) >= 11 is 0. The van der Waals surface area contributed by atoms with Crippen LogP contribution in [0, 0.1) is 0 Å². The number of rotatable bonds is 2. The van der Waals surface area contributed by atoms with E-state index in [1.54, 1.807) is 12.1 Å². The highest BCUT2D eigenvalue weighted by molar-refractivity contribution is 4.56. The molecule has 10 heavy (non-hydrogen) atoms. The second-order valence-electron chi connectivity index (χ2n) is 2.34. The molecule has 0 spiro atoms. The zero-order valence-electron chi connectivity index (χ0n) is 6.22. The first kappa shape index (κ1) is 7.91. The molecule has 1 aliphatic rings.